The first kappa shape index (κ1) is 19.1. The Kier molecular flexibility index (Phi) is 5.55. The number of halogens is 1. The normalized spacial score (nSPS) is 16.1. The van der Waals surface area contributed by atoms with E-state index in [0.717, 1.165) is 18.4 Å². The van der Waals surface area contributed by atoms with Crippen molar-refractivity contribution in [3.05, 3.63) is 87.9 Å². The summed E-state index contributed by atoms with van der Waals surface area (Å²) in [7, 11) is 0. The highest BCUT2D eigenvalue weighted by Gasteiger charge is 2.29. The lowest BCUT2D eigenvalue weighted by Crippen LogP contribution is -2.38. The average Bonchev–Trinajstić information content (AvgIpc) is 2.90. The van der Waals surface area contributed by atoms with Crippen LogP contribution in [0.3, 0.4) is 0 Å². The molecule has 0 aliphatic carbocycles. The molecule has 0 saturated carbocycles. The van der Waals surface area contributed by atoms with Crippen molar-refractivity contribution >= 4 is 5.91 Å². The molecule has 3 aromatic rings. The number of hydrogen-bond acceptors (Lipinski definition) is 3. The van der Waals surface area contributed by atoms with Crippen molar-refractivity contribution in [3.63, 3.8) is 0 Å². The molecule has 2 heterocycles. The summed E-state index contributed by atoms with van der Waals surface area (Å²) in [5, 5.41) is 7.40. The molecule has 150 valence electrons. The predicted octanol–water partition coefficient (Wildman–Crippen LogP) is 2.82. The van der Waals surface area contributed by atoms with Gasteiger partial charge in [0, 0.05) is 13.0 Å². The first-order chi connectivity index (χ1) is 14.1. The van der Waals surface area contributed by atoms with Crippen LogP contribution in [0.5, 0.6) is 0 Å². The first-order valence-corrected chi connectivity index (χ1v) is 9.86. The minimum absolute atomic E-state index is 0.176. The summed E-state index contributed by atoms with van der Waals surface area (Å²) in [6.45, 7) is 0.590. The number of amides is 1. The lowest BCUT2D eigenvalue weighted by molar-refractivity contribution is -0.124. The van der Waals surface area contributed by atoms with Gasteiger partial charge in [0.2, 0.25) is 5.91 Å². The van der Waals surface area contributed by atoms with Gasteiger partial charge in [-0.1, -0.05) is 48.9 Å². The maximum absolute atomic E-state index is 13.5. The van der Waals surface area contributed by atoms with Gasteiger partial charge in [-0.25, -0.2) is 13.9 Å². The van der Waals surface area contributed by atoms with Crippen LogP contribution in [0.4, 0.5) is 4.39 Å². The summed E-state index contributed by atoms with van der Waals surface area (Å²) < 4.78 is 16.3. The van der Waals surface area contributed by atoms with E-state index in [1.54, 1.807) is 12.1 Å². The molecule has 6 nitrogen and oxygen atoms in total. The second kappa shape index (κ2) is 8.43. The Hall–Kier alpha value is -3.22. The molecule has 1 amide bonds. The molecule has 1 atom stereocenters. The van der Waals surface area contributed by atoms with E-state index in [1.807, 2.05) is 30.3 Å². The number of fused-ring (bicyclic) bond motifs is 1. The molecule has 2 aromatic carbocycles. The van der Waals surface area contributed by atoms with Crippen molar-refractivity contribution < 1.29 is 9.18 Å². The van der Waals surface area contributed by atoms with Crippen molar-refractivity contribution in [1.29, 1.82) is 0 Å². The Bertz CT molecular complexity index is 1060. The van der Waals surface area contributed by atoms with Crippen LogP contribution in [0.15, 0.2) is 59.4 Å². The second-order valence-corrected chi connectivity index (χ2v) is 7.32. The van der Waals surface area contributed by atoms with Crippen LogP contribution >= 0.6 is 0 Å². The zero-order valence-electron chi connectivity index (χ0n) is 16.1. The molecule has 1 aromatic heterocycles. The molecule has 0 fully saturated rings. The highest BCUT2D eigenvalue weighted by atomic mass is 19.1. The van der Waals surface area contributed by atoms with Gasteiger partial charge in [-0.15, -0.1) is 0 Å². The van der Waals surface area contributed by atoms with Crippen LogP contribution in [0.1, 0.15) is 42.3 Å². The van der Waals surface area contributed by atoms with E-state index in [4.69, 9.17) is 0 Å². The zero-order chi connectivity index (χ0) is 20.2. The highest BCUT2D eigenvalue weighted by Crippen LogP contribution is 2.22. The van der Waals surface area contributed by atoms with Crippen LogP contribution in [0.2, 0.25) is 0 Å². The Morgan fingerprint density at radius 3 is 2.69 bits per heavy atom. The number of aromatic nitrogens is 3. The third kappa shape index (κ3) is 4.29. The van der Waals surface area contributed by atoms with Crippen molar-refractivity contribution in [2.45, 2.75) is 44.8 Å². The van der Waals surface area contributed by atoms with Crippen LogP contribution in [-0.4, -0.2) is 20.3 Å². The molecule has 1 unspecified atom stereocenters. The average molecular weight is 394 g/mol. The standard InChI is InChI=1S/C22H23FN4O2/c23-18-10-6-9-17(13-18)15-26-22(29)27-19(11-4-5-12-20(27)25-26)21(28)24-14-16-7-2-1-3-8-16/h1-3,6-10,13,19H,4-5,11-12,14-15H2,(H,24,28). The van der Waals surface area contributed by atoms with Gasteiger partial charge in [-0.2, -0.15) is 5.10 Å². The SMILES string of the molecule is O=C(NCc1ccccc1)C1CCCCc2nn(Cc3cccc(F)c3)c(=O)n21. The molecule has 29 heavy (non-hydrogen) atoms. The third-order valence-corrected chi connectivity index (χ3v) is 5.21. The monoisotopic (exact) mass is 394 g/mol. The molecule has 1 N–H and O–H groups in total. The molecular formula is C22H23FN4O2. The molecule has 1 aliphatic heterocycles. The molecule has 0 radical (unpaired) electrons. The van der Waals surface area contributed by atoms with Crippen molar-refractivity contribution in [1.82, 2.24) is 19.7 Å². The van der Waals surface area contributed by atoms with Crippen molar-refractivity contribution in [3.8, 4) is 0 Å². The number of aryl methyl sites for hydroxylation is 1. The third-order valence-electron chi connectivity index (χ3n) is 5.21. The van der Waals surface area contributed by atoms with Gasteiger partial charge in [0.25, 0.3) is 0 Å². The van der Waals surface area contributed by atoms with E-state index < -0.39 is 6.04 Å². The van der Waals surface area contributed by atoms with E-state index >= 15 is 0 Å². The van der Waals surface area contributed by atoms with Gasteiger partial charge in [0.05, 0.1) is 6.54 Å². The van der Waals surface area contributed by atoms with Crippen LogP contribution in [0, 0.1) is 5.82 Å². The molecule has 0 bridgehead atoms. The summed E-state index contributed by atoms with van der Waals surface area (Å²) in [4.78, 5) is 25.9. The lowest BCUT2D eigenvalue weighted by atomic mass is 10.1. The van der Waals surface area contributed by atoms with Crippen LogP contribution < -0.4 is 11.0 Å². The van der Waals surface area contributed by atoms with E-state index in [0.29, 0.717) is 30.8 Å². The van der Waals surface area contributed by atoms with Crippen LogP contribution in [-0.2, 0) is 24.3 Å². The number of hydrogen-bond donors (Lipinski definition) is 1. The fourth-order valence-corrected chi connectivity index (χ4v) is 3.76. The Balaban J connectivity index is 1.57. The molecular weight excluding hydrogens is 371 g/mol. The lowest BCUT2D eigenvalue weighted by Gasteiger charge is -2.16. The number of rotatable bonds is 5. The minimum atomic E-state index is -0.579. The van der Waals surface area contributed by atoms with Gasteiger partial charge in [-0.3, -0.25) is 9.36 Å². The number of nitrogens with one attached hydrogen (secondary N) is 1. The van der Waals surface area contributed by atoms with Gasteiger partial charge in [0.15, 0.2) is 0 Å². The Morgan fingerprint density at radius 2 is 1.90 bits per heavy atom. The number of benzene rings is 2. The smallest absolute Gasteiger partial charge is 0.346 e. The Morgan fingerprint density at radius 1 is 1.10 bits per heavy atom. The number of carbonyl (C=O) groups is 1. The van der Waals surface area contributed by atoms with E-state index in [2.05, 4.69) is 10.4 Å². The van der Waals surface area contributed by atoms with Gasteiger partial charge >= 0.3 is 5.69 Å². The fourth-order valence-electron chi connectivity index (χ4n) is 3.76. The molecule has 7 heteroatoms. The highest BCUT2D eigenvalue weighted by molar-refractivity contribution is 5.80. The van der Waals surface area contributed by atoms with Gasteiger partial charge in [0.1, 0.15) is 17.7 Å². The van der Waals surface area contributed by atoms with E-state index in [9.17, 15) is 14.0 Å². The quantitative estimate of drug-likeness (QED) is 0.724. The zero-order valence-corrected chi connectivity index (χ0v) is 16.1. The largest absolute Gasteiger partial charge is 0.350 e. The summed E-state index contributed by atoms with van der Waals surface area (Å²) >= 11 is 0. The van der Waals surface area contributed by atoms with E-state index in [1.165, 1.54) is 21.4 Å². The fraction of sp³-hybridized carbons (Fsp3) is 0.318. The van der Waals surface area contributed by atoms with Gasteiger partial charge in [-0.05, 0) is 36.1 Å². The molecule has 4 rings (SSSR count). The minimum Gasteiger partial charge on any atom is -0.350 e. The predicted molar refractivity (Wildman–Crippen MR) is 107 cm³/mol. The topological polar surface area (TPSA) is 68.9 Å². The summed E-state index contributed by atoms with van der Waals surface area (Å²) in [6, 6.07) is 15.2. The first-order valence-electron chi connectivity index (χ1n) is 9.86. The molecule has 0 saturated heterocycles. The molecule has 1 aliphatic rings. The van der Waals surface area contributed by atoms with Gasteiger partial charge < -0.3 is 5.32 Å². The maximum atomic E-state index is 13.5. The number of nitrogens with zero attached hydrogens (tertiary/aromatic N) is 3. The summed E-state index contributed by atoms with van der Waals surface area (Å²) in [6.07, 6.45) is 2.97. The summed E-state index contributed by atoms with van der Waals surface area (Å²) in [5.41, 5.74) is 1.33. The maximum Gasteiger partial charge on any atom is 0.346 e. The van der Waals surface area contributed by atoms with Crippen molar-refractivity contribution in [2.24, 2.45) is 0 Å². The van der Waals surface area contributed by atoms with Crippen molar-refractivity contribution in [2.75, 3.05) is 0 Å². The summed E-state index contributed by atoms with van der Waals surface area (Å²) in [5.74, 6) is 0.0858. The van der Waals surface area contributed by atoms with E-state index in [-0.39, 0.29) is 24.0 Å². The second-order valence-electron chi connectivity index (χ2n) is 7.32. The molecule has 0 spiro atoms. The van der Waals surface area contributed by atoms with Crippen LogP contribution in [0.25, 0.3) is 0 Å². The Labute approximate surface area is 168 Å². The number of carbonyl (C=O) groups excluding carboxylic acids is 1.